The number of aliphatic hydroxyl groups is 1. The van der Waals surface area contributed by atoms with Gasteiger partial charge in [-0.15, -0.1) is 0 Å². The average molecular weight is 332 g/mol. The number of aryl methyl sites for hydroxylation is 2. The third kappa shape index (κ3) is 2.77. The minimum Gasteiger partial charge on any atom is -0.389 e. The summed E-state index contributed by atoms with van der Waals surface area (Å²) in [4.78, 5) is 0. The molecule has 1 atom stereocenters. The maximum atomic E-state index is 10.5. The van der Waals surface area contributed by atoms with Crippen molar-refractivity contribution in [2.24, 2.45) is 0 Å². The topological polar surface area (TPSA) is 43.0 Å². The van der Waals surface area contributed by atoms with Crippen molar-refractivity contribution in [3.63, 3.8) is 0 Å². The van der Waals surface area contributed by atoms with Gasteiger partial charge < -0.3 is 9.67 Å². The highest BCUT2D eigenvalue weighted by Gasteiger charge is 2.16. The van der Waals surface area contributed by atoms with E-state index in [0.717, 1.165) is 16.9 Å². The number of aliphatic hydroxyl groups excluding tert-OH is 1. The Bertz CT molecular complexity index is 863. The van der Waals surface area contributed by atoms with Crippen LogP contribution in [0.2, 0.25) is 5.02 Å². The Kier molecular flexibility index (Phi) is 4.21. The minimum absolute atomic E-state index is 0.435. The molecule has 4 nitrogen and oxygen atoms in total. The molecule has 0 unspecified atom stereocenters. The molecule has 23 heavy (non-hydrogen) atoms. The lowest BCUT2D eigenvalue weighted by Crippen LogP contribution is -2.24. The van der Waals surface area contributed by atoms with Gasteiger partial charge >= 0.3 is 0 Å². The average Bonchev–Trinajstić information content (AvgIpc) is 2.91. The molecule has 0 saturated carbocycles. The van der Waals surface area contributed by atoms with E-state index < -0.39 is 6.10 Å². The van der Waals surface area contributed by atoms with Crippen LogP contribution in [0.25, 0.3) is 10.9 Å². The second-order valence-corrected chi connectivity index (χ2v) is 6.54. The zero-order valence-corrected chi connectivity index (χ0v) is 14.7. The molecule has 2 aromatic heterocycles. The van der Waals surface area contributed by atoms with Crippen molar-refractivity contribution in [1.82, 2.24) is 14.3 Å². The van der Waals surface area contributed by atoms with Crippen LogP contribution in [0.3, 0.4) is 0 Å². The van der Waals surface area contributed by atoms with E-state index in [-0.39, 0.29) is 0 Å². The minimum atomic E-state index is -0.530. The molecule has 0 radical (unpaired) electrons. The number of hydrogen-bond donors (Lipinski definition) is 1. The van der Waals surface area contributed by atoms with E-state index >= 15 is 0 Å². The van der Waals surface area contributed by atoms with E-state index in [0.29, 0.717) is 18.1 Å². The molecular formula is C18H22ClN3O. The van der Waals surface area contributed by atoms with Crippen LogP contribution in [0.5, 0.6) is 0 Å². The van der Waals surface area contributed by atoms with Gasteiger partial charge in [-0.2, -0.15) is 5.10 Å². The van der Waals surface area contributed by atoms with E-state index in [1.807, 2.05) is 26.0 Å². The Labute approximate surface area is 141 Å². The Morgan fingerprint density at radius 3 is 2.43 bits per heavy atom. The van der Waals surface area contributed by atoms with Crippen LogP contribution >= 0.6 is 11.6 Å². The molecule has 0 bridgehead atoms. The fourth-order valence-electron chi connectivity index (χ4n) is 3.16. The summed E-state index contributed by atoms with van der Waals surface area (Å²) in [5.74, 6) is 0. The van der Waals surface area contributed by atoms with Crippen molar-refractivity contribution in [2.75, 3.05) is 0 Å². The molecule has 0 fully saturated rings. The fourth-order valence-corrected chi connectivity index (χ4v) is 3.30. The number of nitrogens with zero attached hydrogens (tertiary/aromatic N) is 3. The van der Waals surface area contributed by atoms with Gasteiger partial charge in [0, 0.05) is 16.6 Å². The van der Waals surface area contributed by atoms with Gasteiger partial charge in [-0.25, -0.2) is 0 Å². The molecule has 5 heteroatoms. The Hall–Kier alpha value is -1.78. The summed E-state index contributed by atoms with van der Waals surface area (Å²) < 4.78 is 3.97. The lowest BCUT2D eigenvalue weighted by atomic mass is 10.2. The molecule has 1 aromatic carbocycles. The monoisotopic (exact) mass is 331 g/mol. The molecule has 0 spiro atoms. The van der Waals surface area contributed by atoms with Crippen LogP contribution in [0, 0.1) is 27.7 Å². The summed E-state index contributed by atoms with van der Waals surface area (Å²) in [7, 11) is 0. The highest BCUT2D eigenvalue weighted by molar-refractivity contribution is 6.31. The normalized spacial score (nSPS) is 13.0. The van der Waals surface area contributed by atoms with Gasteiger partial charge in [-0.05, 0) is 39.3 Å². The van der Waals surface area contributed by atoms with Crippen molar-refractivity contribution in [2.45, 2.75) is 46.9 Å². The molecule has 3 aromatic rings. The summed E-state index contributed by atoms with van der Waals surface area (Å²) >= 11 is 6.18. The summed E-state index contributed by atoms with van der Waals surface area (Å²) in [5, 5.41) is 16.9. The molecule has 0 aliphatic heterocycles. The zero-order chi connectivity index (χ0) is 16.7. The van der Waals surface area contributed by atoms with E-state index in [4.69, 9.17) is 11.6 Å². The largest absolute Gasteiger partial charge is 0.389 e. The van der Waals surface area contributed by atoms with Crippen molar-refractivity contribution in [1.29, 1.82) is 0 Å². The van der Waals surface area contributed by atoms with Crippen LogP contribution in [0.1, 0.15) is 22.6 Å². The predicted octanol–water partition coefficient (Wildman–Crippen LogP) is 3.79. The van der Waals surface area contributed by atoms with Gasteiger partial charge in [0.1, 0.15) is 0 Å². The first kappa shape index (κ1) is 16.1. The smallest absolute Gasteiger partial charge is 0.0914 e. The number of rotatable bonds is 4. The molecule has 0 aliphatic carbocycles. The van der Waals surface area contributed by atoms with Crippen LogP contribution < -0.4 is 0 Å². The summed E-state index contributed by atoms with van der Waals surface area (Å²) in [5.41, 5.74) is 5.31. The standard InChI is InChI=1S/C18H22ClN3O/c1-11-13(3)21(17-8-6-5-7-16(11)17)9-15(23)10-22-14(4)18(19)12(2)20-22/h5-8,15,23H,9-10H2,1-4H3/t15-/m1/s1. The number of benzene rings is 1. The Morgan fingerprint density at radius 1 is 1.09 bits per heavy atom. The maximum Gasteiger partial charge on any atom is 0.0914 e. The summed E-state index contributed by atoms with van der Waals surface area (Å²) in [6.45, 7) is 9.00. The zero-order valence-electron chi connectivity index (χ0n) is 14.0. The number of fused-ring (bicyclic) bond motifs is 1. The summed E-state index contributed by atoms with van der Waals surface area (Å²) in [6.07, 6.45) is -0.530. The molecule has 0 saturated heterocycles. The van der Waals surface area contributed by atoms with E-state index in [2.05, 4.69) is 35.6 Å². The van der Waals surface area contributed by atoms with Gasteiger partial charge in [0.05, 0.1) is 35.6 Å². The number of halogens is 1. The first-order valence-corrected chi connectivity index (χ1v) is 8.20. The predicted molar refractivity (Wildman–Crippen MR) is 94.1 cm³/mol. The lowest BCUT2D eigenvalue weighted by molar-refractivity contribution is 0.130. The Morgan fingerprint density at radius 2 is 1.78 bits per heavy atom. The van der Waals surface area contributed by atoms with Gasteiger partial charge in [0.2, 0.25) is 0 Å². The van der Waals surface area contributed by atoms with Crippen LogP contribution in [0.15, 0.2) is 24.3 Å². The highest BCUT2D eigenvalue weighted by atomic mass is 35.5. The van der Waals surface area contributed by atoms with Crippen LogP contribution in [0.4, 0.5) is 0 Å². The quantitative estimate of drug-likeness (QED) is 0.790. The van der Waals surface area contributed by atoms with Crippen molar-refractivity contribution in [3.05, 3.63) is 51.9 Å². The van der Waals surface area contributed by atoms with Gasteiger partial charge in [0.15, 0.2) is 0 Å². The molecule has 0 amide bonds. The van der Waals surface area contributed by atoms with Crippen molar-refractivity contribution in [3.8, 4) is 0 Å². The summed E-state index contributed by atoms with van der Waals surface area (Å²) in [6, 6.07) is 8.31. The third-order valence-electron chi connectivity index (χ3n) is 4.62. The molecule has 2 heterocycles. The molecule has 122 valence electrons. The highest BCUT2D eigenvalue weighted by Crippen LogP contribution is 2.25. The SMILES string of the molecule is Cc1nn(C[C@H](O)Cn2c(C)c(C)c3ccccc32)c(C)c1Cl. The van der Waals surface area contributed by atoms with Crippen LogP contribution in [-0.2, 0) is 13.1 Å². The van der Waals surface area contributed by atoms with Crippen LogP contribution in [-0.4, -0.2) is 25.6 Å². The first-order valence-electron chi connectivity index (χ1n) is 7.82. The molecule has 1 N–H and O–H groups in total. The van der Waals surface area contributed by atoms with Gasteiger partial charge in [-0.3, -0.25) is 4.68 Å². The van der Waals surface area contributed by atoms with E-state index in [1.165, 1.54) is 16.6 Å². The first-order chi connectivity index (χ1) is 10.9. The molecular weight excluding hydrogens is 310 g/mol. The molecule has 0 aliphatic rings. The number of hydrogen-bond acceptors (Lipinski definition) is 2. The van der Waals surface area contributed by atoms with Gasteiger partial charge in [-0.1, -0.05) is 29.8 Å². The van der Waals surface area contributed by atoms with E-state index in [1.54, 1.807) is 4.68 Å². The molecule has 3 rings (SSSR count). The Balaban J connectivity index is 1.87. The maximum absolute atomic E-state index is 10.5. The second kappa shape index (κ2) is 6.02. The van der Waals surface area contributed by atoms with Crippen molar-refractivity contribution < 1.29 is 5.11 Å². The van der Waals surface area contributed by atoms with Crippen molar-refractivity contribution >= 4 is 22.5 Å². The lowest BCUT2D eigenvalue weighted by Gasteiger charge is -2.15. The second-order valence-electron chi connectivity index (χ2n) is 6.16. The fraction of sp³-hybridized carbons (Fsp3) is 0.389. The number of aromatic nitrogens is 3. The van der Waals surface area contributed by atoms with Gasteiger partial charge in [0.25, 0.3) is 0 Å². The number of para-hydroxylation sites is 1. The third-order valence-corrected chi connectivity index (χ3v) is 5.16. The van der Waals surface area contributed by atoms with E-state index in [9.17, 15) is 5.11 Å².